The molecule has 0 aromatic heterocycles. The second-order valence-corrected chi connectivity index (χ2v) is 5.61. The summed E-state index contributed by atoms with van der Waals surface area (Å²) in [5.41, 5.74) is 2.31. The second-order valence-electron chi connectivity index (χ2n) is 5.61. The first-order valence-corrected chi connectivity index (χ1v) is 6.37. The molecule has 1 aromatic rings. The van der Waals surface area contributed by atoms with Crippen molar-refractivity contribution in [3.63, 3.8) is 0 Å². The van der Waals surface area contributed by atoms with Gasteiger partial charge in [-0.15, -0.1) is 0 Å². The Bertz CT molecular complexity index is 540. The minimum atomic E-state index is -0.937. The third kappa shape index (κ3) is 2.68. The molecule has 0 saturated heterocycles. The number of hydrogen-bond donors (Lipinski definition) is 3. The van der Waals surface area contributed by atoms with E-state index in [4.69, 9.17) is 5.11 Å². The first kappa shape index (κ1) is 14.2. The lowest BCUT2D eigenvalue weighted by Crippen LogP contribution is -2.45. The van der Waals surface area contributed by atoms with Crippen molar-refractivity contribution in [2.24, 2.45) is 0 Å². The molecule has 2 rings (SSSR count). The molecule has 0 bridgehead atoms. The third-order valence-electron chi connectivity index (χ3n) is 3.48. The van der Waals surface area contributed by atoms with Crippen LogP contribution in [0.25, 0.3) is 0 Å². The van der Waals surface area contributed by atoms with Crippen molar-refractivity contribution in [3.8, 4) is 0 Å². The average molecular weight is 278 g/mol. The summed E-state index contributed by atoms with van der Waals surface area (Å²) in [6.45, 7) is 4.49. The average Bonchev–Trinajstić information content (AvgIpc) is 2.34. The highest BCUT2D eigenvalue weighted by Crippen LogP contribution is 2.38. The molecule has 0 aliphatic carbocycles. The Kier molecular flexibility index (Phi) is 3.57. The SMILES string of the molecule is CC1(C)CN(C(=O)O)Cc2cccc(NCC(=O)O)c21. The Labute approximate surface area is 117 Å². The van der Waals surface area contributed by atoms with Crippen molar-refractivity contribution in [3.05, 3.63) is 29.3 Å². The number of carboxylic acid groups (broad SMARTS) is 2. The van der Waals surface area contributed by atoms with Gasteiger partial charge in [-0.2, -0.15) is 0 Å². The summed E-state index contributed by atoms with van der Waals surface area (Å²) in [6.07, 6.45) is -0.937. The summed E-state index contributed by atoms with van der Waals surface area (Å²) in [5.74, 6) is -0.927. The Balaban J connectivity index is 2.39. The number of amides is 1. The number of nitrogens with one attached hydrogen (secondary N) is 1. The third-order valence-corrected chi connectivity index (χ3v) is 3.48. The van der Waals surface area contributed by atoms with E-state index >= 15 is 0 Å². The minimum Gasteiger partial charge on any atom is -0.480 e. The monoisotopic (exact) mass is 278 g/mol. The molecule has 0 atom stereocenters. The van der Waals surface area contributed by atoms with Crippen molar-refractivity contribution >= 4 is 17.7 Å². The van der Waals surface area contributed by atoms with Gasteiger partial charge in [0.2, 0.25) is 0 Å². The van der Waals surface area contributed by atoms with Crippen LogP contribution in [-0.4, -0.2) is 40.3 Å². The number of carbonyl (C=O) groups is 2. The van der Waals surface area contributed by atoms with Crippen LogP contribution in [0.5, 0.6) is 0 Å². The van der Waals surface area contributed by atoms with E-state index in [0.29, 0.717) is 13.1 Å². The lowest BCUT2D eigenvalue weighted by Gasteiger charge is -2.39. The number of nitrogens with zero attached hydrogens (tertiary/aromatic N) is 1. The summed E-state index contributed by atoms with van der Waals surface area (Å²) < 4.78 is 0. The number of aliphatic carboxylic acids is 1. The molecule has 6 heteroatoms. The molecule has 1 aromatic carbocycles. The summed E-state index contributed by atoms with van der Waals surface area (Å²) in [6, 6.07) is 5.53. The van der Waals surface area contributed by atoms with E-state index in [1.54, 1.807) is 0 Å². The van der Waals surface area contributed by atoms with Crippen LogP contribution in [0.2, 0.25) is 0 Å². The summed E-state index contributed by atoms with van der Waals surface area (Å²) >= 11 is 0. The molecular weight excluding hydrogens is 260 g/mol. The maximum Gasteiger partial charge on any atom is 0.407 e. The van der Waals surface area contributed by atoms with Gasteiger partial charge in [-0.25, -0.2) is 4.79 Å². The van der Waals surface area contributed by atoms with E-state index in [-0.39, 0.29) is 12.0 Å². The van der Waals surface area contributed by atoms with Crippen molar-refractivity contribution in [1.29, 1.82) is 0 Å². The molecular formula is C14H18N2O4. The van der Waals surface area contributed by atoms with Gasteiger partial charge in [-0.05, 0) is 17.2 Å². The molecule has 6 nitrogen and oxygen atoms in total. The number of rotatable bonds is 3. The van der Waals surface area contributed by atoms with Crippen molar-refractivity contribution < 1.29 is 19.8 Å². The standard InChI is InChI=1S/C14H18N2O4/c1-14(2)8-16(13(19)20)7-9-4-3-5-10(12(9)14)15-6-11(17)18/h3-5,15H,6-8H2,1-2H3,(H,17,18)(H,19,20). The Hall–Kier alpha value is -2.24. The van der Waals surface area contributed by atoms with Crippen molar-refractivity contribution in [2.75, 3.05) is 18.4 Å². The van der Waals surface area contributed by atoms with Gasteiger partial charge in [0.05, 0.1) is 0 Å². The predicted octanol–water partition coefficient (Wildman–Crippen LogP) is 1.95. The van der Waals surface area contributed by atoms with Gasteiger partial charge in [0.25, 0.3) is 0 Å². The molecule has 0 fully saturated rings. The van der Waals surface area contributed by atoms with E-state index in [9.17, 15) is 14.7 Å². The first-order valence-electron chi connectivity index (χ1n) is 6.37. The molecule has 1 heterocycles. The van der Waals surface area contributed by atoms with E-state index in [0.717, 1.165) is 16.8 Å². The van der Waals surface area contributed by atoms with Gasteiger partial charge in [0.15, 0.2) is 0 Å². The lowest BCUT2D eigenvalue weighted by atomic mass is 9.77. The lowest BCUT2D eigenvalue weighted by molar-refractivity contribution is -0.134. The second kappa shape index (κ2) is 5.03. The topological polar surface area (TPSA) is 89.9 Å². The van der Waals surface area contributed by atoms with E-state index in [1.807, 2.05) is 32.0 Å². The predicted molar refractivity (Wildman–Crippen MR) is 74.0 cm³/mol. The zero-order chi connectivity index (χ0) is 14.9. The van der Waals surface area contributed by atoms with Gasteiger partial charge >= 0.3 is 12.1 Å². The molecule has 3 N–H and O–H groups in total. The van der Waals surface area contributed by atoms with Crippen molar-refractivity contribution in [1.82, 2.24) is 4.90 Å². The first-order chi connectivity index (χ1) is 9.31. The zero-order valence-corrected chi connectivity index (χ0v) is 11.5. The smallest absolute Gasteiger partial charge is 0.407 e. The molecule has 108 valence electrons. The molecule has 0 unspecified atom stereocenters. The highest BCUT2D eigenvalue weighted by atomic mass is 16.4. The Morgan fingerprint density at radius 2 is 2.05 bits per heavy atom. The van der Waals surface area contributed by atoms with Crippen molar-refractivity contribution in [2.45, 2.75) is 25.8 Å². The molecule has 0 radical (unpaired) electrons. The quantitative estimate of drug-likeness (QED) is 0.786. The number of anilines is 1. The van der Waals surface area contributed by atoms with Crippen LogP contribution in [0.15, 0.2) is 18.2 Å². The van der Waals surface area contributed by atoms with Gasteiger partial charge in [0, 0.05) is 24.2 Å². The number of carboxylic acids is 1. The molecule has 1 aliphatic rings. The molecule has 20 heavy (non-hydrogen) atoms. The van der Waals surface area contributed by atoms with Crippen LogP contribution >= 0.6 is 0 Å². The summed E-state index contributed by atoms with van der Waals surface area (Å²) in [4.78, 5) is 23.3. The van der Waals surface area contributed by atoms with Crippen LogP contribution in [0.1, 0.15) is 25.0 Å². The Morgan fingerprint density at radius 1 is 1.35 bits per heavy atom. The maximum atomic E-state index is 11.2. The summed E-state index contributed by atoms with van der Waals surface area (Å²) in [5, 5.41) is 20.9. The largest absolute Gasteiger partial charge is 0.480 e. The van der Waals surface area contributed by atoms with Gasteiger partial charge in [0.1, 0.15) is 6.54 Å². The van der Waals surface area contributed by atoms with E-state index in [2.05, 4.69) is 5.32 Å². The molecule has 1 aliphatic heterocycles. The fraction of sp³-hybridized carbons (Fsp3) is 0.429. The molecule has 1 amide bonds. The van der Waals surface area contributed by atoms with Crippen LogP contribution < -0.4 is 5.32 Å². The fourth-order valence-electron chi connectivity index (χ4n) is 2.80. The van der Waals surface area contributed by atoms with Gasteiger partial charge < -0.3 is 20.4 Å². The van der Waals surface area contributed by atoms with Crippen LogP contribution in [-0.2, 0) is 16.8 Å². The Morgan fingerprint density at radius 3 is 2.65 bits per heavy atom. The number of fused-ring (bicyclic) bond motifs is 1. The fourth-order valence-corrected chi connectivity index (χ4v) is 2.80. The number of benzene rings is 1. The molecule has 0 spiro atoms. The maximum absolute atomic E-state index is 11.2. The van der Waals surface area contributed by atoms with Crippen LogP contribution in [0.3, 0.4) is 0 Å². The van der Waals surface area contributed by atoms with E-state index in [1.165, 1.54) is 4.90 Å². The minimum absolute atomic E-state index is 0.158. The van der Waals surface area contributed by atoms with Crippen LogP contribution in [0.4, 0.5) is 10.5 Å². The van der Waals surface area contributed by atoms with Gasteiger partial charge in [-0.3, -0.25) is 4.79 Å². The highest BCUT2D eigenvalue weighted by molar-refractivity contribution is 5.74. The normalized spacial score (nSPS) is 16.4. The zero-order valence-electron chi connectivity index (χ0n) is 11.5. The number of hydrogen-bond acceptors (Lipinski definition) is 3. The van der Waals surface area contributed by atoms with Crippen LogP contribution in [0, 0.1) is 0 Å². The van der Waals surface area contributed by atoms with Gasteiger partial charge in [-0.1, -0.05) is 26.0 Å². The highest BCUT2D eigenvalue weighted by Gasteiger charge is 2.35. The summed E-state index contributed by atoms with van der Waals surface area (Å²) in [7, 11) is 0. The molecule has 0 saturated carbocycles. The van der Waals surface area contributed by atoms with E-state index < -0.39 is 12.1 Å².